The zero-order chi connectivity index (χ0) is 13.5. The number of hydrogen-bond donors (Lipinski definition) is 2. The van der Waals surface area contributed by atoms with E-state index < -0.39 is 16.8 Å². The molecular formula is C12H15NO4S. The number of carbonyl (C=O) groups is 2. The summed E-state index contributed by atoms with van der Waals surface area (Å²) in [4.78, 5) is 22.3. The van der Waals surface area contributed by atoms with E-state index in [1.165, 1.54) is 6.07 Å². The predicted molar refractivity (Wildman–Crippen MR) is 68.0 cm³/mol. The monoisotopic (exact) mass is 269 g/mol. The molecule has 0 radical (unpaired) electrons. The van der Waals surface area contributed by atoms with Crippen molar-refractivity contribution in [3.05, 3.63) is 29.8 Å². The van der Waals surface area contributed by atoms with Gasteiger partial charge in [-0.15, -0.1) is 0 Å². The summed E-state index contributed by atoms with van der Waals surface area (Å²) in [5.41, 5.74) is 0.0516. The van der Waals surface area contributed by atoms with E-state index in [1.54, 1.807) is 25.2 Å². The Morgan fingerprint density at radius 2 is 2.00 bits per heavy atom. The topological polar surface area (TPSA) is 83.5 Å². The van der Waals surface area contributed by atoms with Crippen LogP contribution in [0.5, 0.6) is 0 Å². The van der Waals surface area contributed by atoms with Crippen LogP contribution in [-0.4, -0.2) is 34.0 Å². The molecule has 0 bridgehead atoms. The molecule has 0 saturated heterocycles. The second-order valence-electron chi connectivity index (χ2n) is 3.63. The Balaban J connectivity index is 2.67. The highest BCUT2D eigenvalue weighted by atomic mass is 32.2. The summed E-state index contributed by atoms with van der Waals surface area (Å²) in [7, 11) is 0.146. The first-order chi connectivity index (χ1) is 8.56. The Kier molecular flexibility index (Phi) is 5.51. The number of carboxylic acids is 1. The summed E-state index contributed by atoms with van der Waals surface area (Å²) >= 11 is 0. The average Bonchev–Trinajstić information content (AvgIpc) is 2.38. The van der Waals surface area contributed by atoms with Gasteiger partial charge in [-0.2, -0.15) is 0 Å². The van der Waals surface area contributed by atoms with Crippen molar-refractivity contribution in [2.24, 2.45) is 0 Å². The first-order valence-corrected chi connectivity index (χ1v) is 6.79. The van der Waals surface area contributed by atoms with E-state index in [2.05, 4.69) is 5.32 Å². The maximum atomic E-state index is 12.0. The zero-order valence-electron chi connectivity index (χ0n) is 10.0. The standard InChI is InChI=1S/C12H15NO4S/c1-13-11(14)7-4-8-18(17)10-6-3-2-5-9(10)12(15)16/h2-3,5-6H,4,7-8H2,1H3,(H,13,14)(H,15,16). The molecule has 5 nitrogen and oxygen atoms in total. The summed E-state index contributed by atoms with van der Waals surface area (Å²) in [6.45, 7) is 0. The van der Waals surface area contributed by atoms with E-state index in [4.69, 9.17) is 5.11 Å². The van der Waals surface area contributed by atoms with Crippen molar-refractivity contribution in [1.82, 2.24) is 5.32 Å². The number of nitrogens with one attached hydrogen (secondary N) is 1. The minimum absolute atomic E-state index is 0.0516. The Bertz CT molecular complexity index is 473. The van der Waals surface area contributed by atoms with Crippen molar-refractivity contribution < 1.29 is 18.9 Å². The van der Waals surface area contributed by atoms with Gasteiger partial charge in [0.1, 0.15) is 0 Å². The number of benzene rings is 1. The molecule has 1 rings (SSSR count). The molecule has 0 aromatic heterocycles. The number of rotatable bonds is 6. The van der Waals surface area contributed by atoms with Crippen LogP contribution in [0.25, 0.3) is 0 Å². The van der Waals surface area contributed by atoms with Gasteiger partial charge in [-0.25, -0.2) is 4.79 Å². The summed E-state index contributed by atoms with van der Waals surface area (Å²) < 4.78 is 12.0. The van der Waals surface area contributed by atoms with Crippen LogP contribution in [0.2, 0.25) is 0 Å². The van der Waals surface area contributed by atoms with Crippen LogP contribution in [0.3, 0.4) is 0 Å². The van der Waals surface area contributed by atoms with Crippen LogP contribution in [0.4, 0.5) is 0 Å². The fourth-order valence-electron chi connectivity index (χ4n) is 1.44. The van der Waals surface area contributed by atoms with Gasteiger partial charge < -0.3 is 10.4 Å². The van der Waals surface area contributed by atoms with E-state index in [1.807, 2.05) is 0 Å². The predicted octanol–water partition coefficient (Wildman–Crippen LogP) is 1.02. The van der Waals surface area contributed by atoms with Gasteiger partial charge >= 0.3 is 5.97 Å². The minimum atomic E-state index is -1.39. The van der Waals surface area contributed by atoms with E-state index in [0.717, 1.165) is 0 Å². The Labute approximate surface area is 108 Å². The second-order valence-corrected chi connectivity index (χ2v) is 5.17. The van der Waals surface area contributed by atoms with Crippen LogP contribution in [0.1, 0.15) is 23.2 Å². The van der Waals surface area contributed by atoms with Gasteiger partial charge in [0.05, 0.1) is 21.3 Å². The van der Waals surface area contributed by atoms with Crippen LogP contribution in [0.15, 0.2) is 29.2 Å². The molecule has 0 saturated carbocycles. The molecule has 18 heavy (non-hydrogen) atoms. The first kappa shape index (κ1) is 14.4. The van der Waals surface area contributed by atoms with Crippen molar-refractivity contribution in [3.63, 3.8) is 0 Å². The van der Waals surface area contributed by atoms with Gasteiger partial charge in [-0.1, -0.05) is 12.1 Å². The van der Waals surface area contributed by atoms with Crippen molar-refractivity contribution in [1.29, 1.82) is 0 Å². The quantitative estimate of drug-likeness (QED) is 0.807. The number of carbonyl (C=O) groups excluding carboxylic acids is 1. The smallest absolute Gasteiger partial charge is 0.336 e. The van der Waals surface area contributed by atoms with Gasteiger partial charge in [0.15, 0.2) is 0 Å². The van der Waals surface area contributed by atoms with Gasteiger partial charge in [-0.05, 0) is 18.6 Å². The largest absolute Gasteiger partial charge is 0.478 e. The third kappa shape index (κ3) is 3.96. The second kappa shape index (κ2) is 6.90. The maximum absolute atomic E-state index is 12.0. The normalized spacial score (nSPS) is 11.8. The Morgan fingerprint density at radius 3 is 2.61 bits per heavy atom. The lowest BCUT2D eigenvalue weighted by atomic mass is 10.2. The highest BCUT2D eigenvalue weighted by Gasteiger charge is 2.14. The highest BCUT2D eigenvalue weighted by Crippen LogP contribution is 2.14. The average molecular weight is 269 g/mol. The molecule has 0 aliphatic rings. The zero-order valence-corrected chi connectivity index (χ0v) is 10.8. The number of amides is 1. The molecule has 0 spiro atoms. The molecule has 1 amide bonds. The van der Waals surface area contributed by atoms with E-state index in [-0.39, 0.29) is 23.6 Å². The highest BCUT2D eigenvalue weighted by molar-refractivity contribution is 7.85. The molecule has 2 N–H and O–H groups in total. The summed E-state index contributed by atoms with van der Waals surface area (Å²) in [6, 6.07) is 6.21. The Hall–Kier alpha value is -1.69. The number of aromatic carboxylic acids is 1. The van der Waals surface area contributed by atoms with Gasteiger partial charge in [0.25, 0.3) is 0 Å². The minimum Gasteiger partial charge on any atom is -0.478 e. The van der Waals surface area contributed by atoms with Gasteiger partial charge in [0.2, 0.25) is 5.91 Å². The van der Waals surface area contributed by atoms with Gasteiger partial charge in [0, 0.05) is 19.2 Å². The first-order valence-electron chi connectivity index (χ1n) is 5.47. The molecule has 0 aliphatic carbocycles. The lowest BCUT2D eigenvalue weighted by molar-refractivity contribution is -0.120. The van der Waals surface area contributed by atoms with Crippen LogP contribution in [-0.2, 0) is 15.6 Å². The van der Waals surface area contributed by atoms with Gasteiger partial charge in [-0.3, -0.25) is 9.00 Å². The maximum Gasteiger partial charge on any atom is 0.336 e. The summed E-state index contributed by atoms with van der Waals surface area (Å²) in [5, 5.41) is 11.4. The fourth-order valence-corrected chi connectivity index (χ4v) is 2.70. The van der Waals surface area contributed by atoms with Crippen molar-refractivity contribution >= 4 is 22.7 Å². The molecule has 1 aromatic rings. The van der Waals surface area contributed by atoms with Crippen molar-refractivity contribution in [2.75, 3.05) is 12.8 Å². The van der Waals surface area contributed by atoms with Crippen molar-refractivity contribution in [2.45, 2.75) is 17.7 Å². The lowest BCUT2D eigenvalue weighted by Gasteiger charge is -2.05. The third-order valence-corrected chi connectivity index (χ3v) is 3.88. The molecular weight excluding hydrogens is 254 g/mol. The number of carboxylic acid groups (broad SMARTS) is 1. The van der Waals surface area contributed by atoms with Crippen LogP contribution < -0.4 is 5.32 Å². The fraction of sp³-hybridized carbons (Fsp3) is 0.333. The Morgan fingerprint density at radius 1 is 1.33 bits per heavy atom. The van der Waals surface area contributed by atoms with E-state index in [9.17, 15) is 13.8 Å². The van der Waals surface area contributed by atoms with E-state index >= 15 is 0 Å². The molecule has 0 fully saturated rings. The van der Waals surface area contributed by atoms with Crippen molar-refractivity contribution in [3.8, 4) is 0 Å². The summed E-state index contributed by atoms with van der Waals surface area (Å²) in [5.74, 6) is -0.929. The molecule has 1 aromatic carbocycles. The molecule has 6 heteroatoms. The van der Waals surface area contributed by atoms with Crippen LogP contribution >= 0.6 is 0 Å². The van der Waals surface area contributed by atoms with Crippen LogP contribution in [0, 0.1) is 0 Å². The number of hydrogen-bond acceptors (Lipinski definition) is 3. The SMILES string of the molecule is CNC(=O)CCCS(=O)c1ccccc1C(=O)O. The molecule has 0 heterocycles. The molecule has 0 aliphatic heterocycles. The van der Waals surface area contributed by atoms with E-state index in [0.29, 0.717) is 11.3 Å². The third-order valence-electron chi connectivity index (χ3n) is 2.38. The molecule has 98 valence electrons. The molecule has 1 atom stereocenters. The molecule has 1 unspecified atom stereocenters. The summed E-state index contributed by atoms with van der Waals surface area (Å²) in [6.07, 6.45) is 0.748. The lowest BCUT2D eigenvalue weighted by Crippen LogP contribution is -2.18.